The van der Waals surface area contributed by atoms with Crippen LogP contribution in [-0.4, -0.2) is 28.3 Å². The highest BCUT2D eigenvalue weighted by Crippen LogP contribution is 2.22. The Morgan fingerprint density at radius 1 is 1.30 bits per heavy atom. The molecule has 0 aromatic carbocycles. The number of rotatable bonds is 7. The average molecular weight is 294 g/mol. The molecule has 2 aromatic rings. The van der Waals surface area contributed by atoms with Gasteiger partial charge in [-0.3, -0.25) is 4.98 Å². The van der Waals surface area contributed by atoms with Gasteiger partial charge in [0.15, 0.2) is 5.01 Å². The molecule has 0 saturated heterocycles. The summed E-state index contributed by atoms with van der Waals surface area (Å²) in [6, 6.07) is 3.02. The molecule has 0 aliphatic heterocycles. The van der Waals surface area contributed by atoms with Crippen molar-refractivity contribution in [3.63, 3.8) is 0 Å². The molecule has 2 aromatic heterocycles. The molecule has 2 heterocycles. The fraction of sp³-hybridized carbons (Fsp3) is 0.500. The molecule has 0 saturated carbocycles. The van der Waals surface area contributed by atoms with Gasteiger partial charge in [-0.1, -0.05) is 25.2 Å². The molecule has 1 N–H and O–H groups in total. The first-order chi connectivity index (χ1) is 9.65. The monoisotopic (exact) mass is 294 g/mol. The molecule has 0 bridgehead atoms. The van der Waals surface area contributed by atoms with Crippen LogP contribution in [-0.2, 0) is 6.42 Å². The van der Waals surface area contributed by atoms with Gasteiger partial charge in [0.1, 0.15) is 16.5 Å². The van der Waals surface area contributed by atoms with E-state index >= 15 is 0 Å². The fourth-order valence-electron chi connectivity index (χ4n) is 1.72. The minimum atomic E-state index is -0.338. The van der Waals surface area contributed by atoms with E-state index < -0.39 is 0 Å². The Kier molecular flexibility index (Phi) is 5.55. The molecule has 4 nitrogen and oxygen atoms in total. The molecule has 6 heteroatoms. The summed E-state index contributed by atoms with van der Waals surface area (Å²) in [5.74, 6) is 0.336. The molecule has 0 unspecified atom stereocenters. The maximum absolute atomic E-state index is 12.8. The summed E-state index contributed by atoms with van der Waals surface area (Å²) < 4.78 is 12.8. The lowest BCUT2D eigenvalue weighted by Gasteiger charge is -2.05. The zero-order chi connectivity index (χ0) is 14.4. The van der Waals surface area contributed by atoms with Crippen LogP contribution in [0.25, 0.3) is 10.7 Å². The number of nitrogens with one attached hydrogen (secondary N) is 1. The number of nitrogens with zero attached hydrogens (tertiary/aromatic N) is 3. The van der Waals surface area contributed by atoms with E-state index in [9.17, 15) is 4.39 Å². The van der Waals surface area contributed by atoms with Gasteiger partial charge in [0.2, 0.25) is 0 Å². The number of halogens is 1. The van der Waals surface area contributed by atoms with Crippen molar-refractivity contribution in [2.45, 2.75) is 26.7 Å². The average Bonchev–Trinajstić information content (AvgIpc) is 2.87. The second-order valence-corrected chi connectivity index (χ2v) is 6.13. The van der Waals surface area contributed by atoms with Gasteiger partial charge in [-0.05, 0) is 37.6 Å². The summed E-state index contributed by atoms with van der Waals surface area (Å²) in [6.07, 6.45) is 3.15. The van der Waals surface area contributed by atoms with Crippen LogP contribution >= 0.6 is 11.3 Å². The minimum absolute atomic E-state index is 0.338. The Morgan fingerprint density at radius 2 is 2.15 bits per heavy atom. The Bertz CT molecular complexity index is 524. The minimum Gasteiger partial charge on any atom is -0.316 e. The predicted octanol–water partition coefficient (Wildman–Crippen LogP) is 2.92. The van der Waals surface area contributed by atoms with Crippen molar-refractivity contribution in [1.82, 2.24) is 20.5 Å². The molecule has 0 radical (unpaired) electrons. The molecular weight excluding hydrogens is 275 g/mol. The van der Waals surface area contributed by atoms with Crippen molar-refractivity contribution in [3.05, 3.63) is 29.2 Å². The Morgan fingerprint density at radius 3 is 2.85 bits per heavy atom. The molecular formula is C14H19FN4S. The largest absolute Gasteiger partial charge is 0.316 e. The molecule has 0 spiro atoms. The molecule has 0 atom stereocenters. The Hall–Kier alpha value is -1.40. The first kappa shape index (κ1) is 15.0. The van der Waals surface area contributed by atoms with Gasteiger partial charge < -0.3 is 5.32 Å². The molecule has 2 rings (SSSR count). The van der Waals surface area contributed by atoms with Crippen molar-refractivity contribution in [2.75, 3.05) is 13.1 Å². The van der Waals surface area contributed by atoms with E-state index in [0.717, 1.165) is 35.9 Å². The van der Waals surface area contributed by atoms with Crippen LogP contribution in [0.4, 0.5) is 4.39 Å². The van der Waals surface area contributed by atoms with Crippen LogP contribution in [0.1, 0.15) is 25.3 Å². The van der Waals surface area contributed by atoms with Crippen LogP contribution in [0.3, 0.4) is 0 Å². The summed E-state index contributed by atoms with van der Waals surface area (Å²) in [7, 11) is 0. The molecule has 20 heavy (non-hydrogen) atoms. The van der Waals surface area contributed by atoms with Crippen LogP contribution in [0.2, 0.25) is 0 Å². The maximum atomic E-state index is 12.8. The second kappa shape index (κ2) is 7.40. The normalized spacial score (nSPS) is 11.2. The molecule has 0 amide bonds. The summed E-state index contributed by atoms with van der Waals surface area (Å²) >= 11 is 1.52. The lowest BCUT2D eigenvalue weighted by molar-refractivity contribution is 0.542. The van der Waals surface area contributed by atoms with Gasteiger partial charge in [-0.15, -0.1) is 10.2 Å². The first-order valence-electron chi connectivity index (χ1n) is 6.80. The highest BCUT2D eigenvalue weighted by atomic mass is 32.1. The lowest BCUT2D eigenvalue weighted by atomic mass is 10.2. The van der Waals surface area contributed by atoms with Gasteiger partial charge >= 0.3 is 0 Å². The van der Waals surface area contributed by atoms with E-state index in [1.807, 2.05) is 0 Å². The summed E-state index contributed by atoms with van der Waals surface area (Å²) in [5.41, 5.74) is 0.674. The third-order valence-electron chi connectivity index (χ3n) is 2.71. The van der Waals surface area contributed by atoms with Crippen molar-refractivity contribution < 1.29 is 4.39 Å². The summed E-state index contributed by atoms with van der Waals surface area (Å²) in [4.78, 5) is 4.01. The van der Waals surface area contributed by atoms with Gasteiger partial charge in [-0.2, -0.15) is 0 Å². The molecule has 0 aliphatic carbocycles. The van der Waals surface area contributed by atoms with Gasteiger partial charge in [0.25, 0.3) is 0 Å². The highest BCUT2D eigenvalue weighted by molar-refractivity contribution is 7.14. The van der Waals surface area contributed by atoms with Crippen LogP contribution in [0, 0.1) is 11.7 Å². The van der Waals surface area contributed by atoms with Crippen LogP contribution in [0.5, 0.6) is 0 Å². The molecule has 0 fully saturated rings. The van der Waals surface area contributed by atoms with E-state index in [4.69, 9.17) is 0 Å². The van der Waals surface area contributed by atoms with E-state index in [1.54, 1.807) is 6.07 Å². The fourth-order valence-corrected chi connectivity index (χ4v) is 2.57. The zero-order valence-corrected chi connectivity index (χ0v) is 12.6. The molecule has 0 aliphatic rings. The highest BCUT2D eigenvalue weighted by Gasteiger charge is 2.07. The van der Waals surface area contributed by atoms with Gasteiger partial charge in [0, 0.05) is 6.42 Å². The third-order valence-corrected chi connectivity index (χ3v) is 3.72. The zero-order valence-electron chi connectivity index (χ0n) is 11.8. The van der Waals surface area contributed by atoms with Gasteiger partial charge in [0.05, 0.1) is 6.20 Å². The van der Waals surface area contributed by atoms with Crippen molar-refractivity contribution in [1.29, 1.82) is 0 Å². The number of aryl methyl sites for hydroxylation is 1. The van der Waals surface area contributed by atoms with Crippen molar-refractivity contribution >= 4 is 11.3 Å². The van der Waals surface area contributed by atoms with Crippen molar-refractivity contribution in [3.8, 4) is 10.7 Å². The maximum Gasteiger partial charge on any atom is 0.166 e. The van der Waals surface area contributed by atoms with E-state index in [1.165, 1.54) is 23.6 Å². The predicted molar refractivity (Wildman–Crippen MR) is 79.1 cm³/mol. The second-order valence-electron chi connectivity index (χ2n) is 5.06. The standard InChI is InChI=1S/C14H19FN4S/c1-10(2)8-16-7-3-4-13-18-19-14(20-13)12-6-5-11(15)9-17-12/h5-6,9-10,16H,3-4,7-8H2,1-2H3. The van der Waals surface area contributed by atoms with E-state index in [2.05, 4.69) is 34.3 Å². The van der Waals surface area contributed by atoms with Crippen LogP contribution in [0.15, 0.2) is 18.3 Å². The smallest absolute Gasteiger partial charge is 0.166 e. The number of hydrogen-bond donors (Lipinski definition) is 1. The lowest BCUT2D eigenvalue weighted by Crippen LogP contribution is -2.21. The third kappa shape index (κ3) is 4.61. The van der Waals surface area contributed by atoms with Crippen LogP contribution < -0.4 is 5.32 Å². The summed E-state index contributed by atoms with van der Waals surface area (Å²) in [5, 5.41) is 13.4. The van der Waals surface area contributed by atoms with E-state index in [-0.39, 0.29) is 5.82 Å². The number of aromatic nitrogens is 3. The summed E-state index contributed by atoms with van der Waals surface area (Å²) in [6.45, 7) is 6.42. The number of hydrogen-bond acceptors (Lipinski definition) is 5. The van der Waals surface area contributed by atoms with E-state index in [0.29, 0.717) is 11.6 Å². The SMILES string of the molecule is CC(C)CNCCCc1nnc(-c2ccc(F)cn2)s1. The number of pyridine rings is 1. The van der Waals surface area contributed by atoms with Gasteiger partial charge in [-0.25, -0.2) is 4.39 Å². The quantitative estimate of drug-likeness (QED) is 0.798. The van der Waals surface area contributed by atoms with Crippen molar-refractivity contribution in [2.24, 2.45) is 5.92 Å². The molecule has 108 valence electrons. The first-order valence-corrected chi connectivity index (χ1v) is 7.62. The topological polar surface area (TPSA) is 50.7 Å². The Labute approximate surface area is 122 Å². The Balaban J connectivity index is 1.82.